The molecule has 10 aromatic rings. The van der Waals surface area contributed by atoms with Crippen molar-refractivity contribution in [2.75, 3.05) is 0 Å². The van der Waals surface area contributed by atoms with Gasteiger partial charge in [0.25, 0.3) is 0 Å². The second-order valence-corrected chi connectivity index (χ2v) is 13.2. The fourth-order valence-corrected chi connectivity index (χ4v) is 7.96. The van der Waals surface area contributed by atoms with Gasteiger partial charge in [-0.1, -0.05) is 176 Å². The molecule has 0 N–H and O–H groups in total. The first kappa shape index (κ1) is 29.2. The van der Waals surface area contributed by atoms with Gasteiger partial charge in [-0.3, -0.25) is 0 Å². The monoisotopic (exact) mass is 648 g/mol. The van der Waals surface area contributed by atoms with E-state index in [1.807, 2.05) is 0 Å². The Morgan fingerprint density at radius 3 is 1.25 bits per heavy atom. The van der Waals surface area contributed by atoms with Crippen LogP contribution in [0.2, 0.25) is 0 Å². The smallest absolute Gasteiger partial charge is 0.143 e. The summed E-state index contributed by atoms with van der Waals surface area (Å²) >= 11 is 0. The van der Waals surface area contributed by atoms with Crippen LogP contribution in [0.25, 0.3) is 99.1 Å². The van der Waals surface area contributed by atoms with Gasteiger partial charge in [0.05, 0.1) is 0 Å². The Labute approximate surface area is 296 Å². The van der Waals surface area contributed by atoms with Crippen molar-refractivity contribution < 1.29 is 4.42 Å². The maximum atomic E-state index is 6.84. The van der Waals surface area contributed by atoms with Crippen molar-refractivity contribution >= 4 is 43.5 Å². The van der Waals surface area contributed by atoms with E-state index in [-0.39, 0.29) is 0 Å². The zero-order chi connectivity index (χ0) is 33.7. The van der Waals surface area contributed by atoms with Crippen LogP contribution in [0.4, 0.5) is 0 Å². The number of benzene rings is 9. The Morgan fingerprint density at radius 2 is 0.686 bits per heavy atom. The fourth-order valence-electron chi connectivity index (χ4n) is 7.96. The third-order valence-corrected chi connectivity index (χ3v) is 10.3. The molecular weight excluding hydrogens is 617 g/mol. The van der Waals surface area contributed by atoms with Gasteiger partial charge in [0.2, 0.25) is 0 Å². The van der Waals surface area contributed by atoms with Crippen molar-refractivity contribution in [1.82, 2.24) is 0 Å². The maximum absolute atomic E-state index is 6.84. The molecule has 1 aromatic heterocycles. The summed E-state index contributed by atoms with van der Waals surface area (Å²) in [6.07, 6.45) is 0. The summed E-state index contributed by atoms with van der Waals surface area (Å²) in [6, 6.07) is 69.7. The Morgan fingerprint density at radius 1 is 0.255 bits per heavy atom. The van der Waals surface area contributed by atoms with Gasteiger partial charge in [-0.15, -0.1) is 0 Å². The van der Waals surface area contributed by atoms with E-state index in [1.165, 1.54) is 54.9 Å². The van der Waals surface area contributed by atoms with Crippen molar-refractivity contribution in [3.63, 3.8) is 0 Å². The molecule has 0 amide bonds. The van der Waals surface area contributed by atoms with Gasteiger partial charge in [-0.2, -0.15) is 0 Å². The first-order valence-electron chi connectivity index (χ1n) is 17.5. The lowest BCUT2D eigenvalue weighted by atomic mass is 9.85. The number of hydrogen-bond acceptors (Lipinski definition) is 1. The topological polar surface area (TPSA) is 13.1 Å². The van der Waals surface area contributed by atoms with Crippen LogP contribution in [0, 0.1) is 0 Å². The SMILES string of the molecule is c1ccc(-c2ccc(-c3ccc4c(oc5ccc(-c6c7ccccc7c(-c7ccccc7)c7ccccc67)cc54)c3-c3ccccc3)cc2)cc1. The molecule has 0 aliphatic carbocycles. The lowest BCUT2D eigenvalue weighted by Crippen LogP contribution is -1.90. The van der Waals surface area contributed by atoms with E-state index in [2.05, 4.69) is 194 Å². The van der Waals surface area contributed by atoms with Crippen LogP contribution in [-0.2, 0) is 0 Å². The molecule has 238 valence electrons. The quantitative estimate of drug-likeness (QED) is 0.169. The Kier molecular flexibility index (Phi) is 6.89. The van der Waals surface area contributed by atoms with Crippen LogP contribution in [0.3, 0.4) is 0 Å². The standard InChI is InChI=1S/C50H32O/c1-4-14-33(15-5-1)34-24-26-35(27-25-34)39-29-30-44-45-32-38(28-31-46(45)51-50(44)49(39)37-18-8-3-9-19-37)48-42-22-12-10-20-40(42)47(36-16-6-2-7-17-36)41-21-11-13-23-43(41)48/h1-32H. The minimum atomic E-state index is 0.886. The van der Waals surface area contributed by atoms with E-state index >= 15 is 0 Å². The fraction of sp³-hybridized carbons (Fsp3) is 0. The van der Waals surface area contributed by atoms with Crippen LogP contribution in [0.5, 0.6) is 0 Å². The highest BCUT2D eigenvalue weighted by molar-refractivity contribution is 6.22. The van der Waals surface area contributed by atoms with E-state index in [4.69, 9.17) is 4.42 Å². The second-order valence-electron chi connectivity index (χ2n) is 13.2. The van der Waals surface area contributed by atoms with Crippen LogP contribution in [0.15, 0.2) is 199 Å². The van der Waals surface area contributed by atoms with Crippen molar-refractivity contribution in [2.24, 2.45) is 0 Å². The number of rotatable bonds is 5. The summed E-state index contributed by atoms with van der Waals surface area (Å²) in [6.45, 7) is 0. The molecule has 0 radical (unpaired) electrons. The van der Waals surface area contributed by atoms with Crippen LogP contribution >= 0.6 is 0 Å². The zero-order valence-electron chi connectivity index (χ0n) is 27.9. The molecule has 51 heavy (non-hydrogen) atoms. The van der Waals surface area contributed by atoms with Gasteiger partial charge in [0.15, 0.2) is 0 Å². The normalized spacial score (nSPS) is 11.5. The molecule has 0 unspecified atom stereocenters. The van der Waals surface area contributed by atoms with Crippen molar-refractivity contribution in [1.29, 1.82) is 0 Å². The summed E-state index contributed by atoms with van der Waals surface area (Å²) in [7, 11) is 0. The first-order chi connectivity index (χ1) is 25.3. The molecular formula is C50H32O. The van der Waals surface area contributed by atoms with Gasteiger partial charge in [0.1, 0.15) is 11.2 Å². The summed E-state index contributed by atoms with van der Waals surface area (Å²) in [5.41, 5.74) is 13.7. The molecule has 1 nitrogen and oxygen atoms in total. The molecule has 9 aromatic carbocycles. The molecule has 0 saturated carbocycles. The molecule has 1 heteroatoms. The summed E-state index contributed by atoms with van der Waals surface area (Å²) in [5, 5.41) is 7.23. The molecule has 0 aliphatic heterocycles. The molecule has 0 aliphatic rings. The van der Waals surface area contributed by atoms with Crippen LogP contribution in [0.1, 0.15) is 0 Å². The highest BCUT2D eigenvalue weighted by Crippen LogP contribution is 2.46. The number of fused-ring (bicyclic) bond motifs is 5. The molecule has 0 atom stereocenters. The maximum Gasteiger partial charge on any atom is 0.143 e. The van der Waals surface area contributed by atoms with Crippen LogP contribution < -0.4 is 0 Å². The highest BCUT2D eigenvalue weighted by Gasteiger charge is 2.20. The van der Waals surface area contributed by atoms with E-state index in [1.54, 1.807) is 0 Å². The first-order valence-corrected chi connectivity index (χ1v) is 17.5. The Hall–Kier alpha value is -6.70. The zero-order valence-corrected chi connectivity index (χ0v) is 27.9. The summed E-state index contributed by atoms with van der Waals surface area (Å²) < 4.78 is 6.84. The van der Waals surface area contributed by atoms with E-state index in [9.17, 15) is 0 Å². The van der Waals surface area contributed by atoms with E-state index < -0.39 is 0 Å². The third kappa shape index (κ3) is 4.86. The Balaban J connectivity index is 1.19. The summed E-state index contributed by atoms with van der Waals surface area (Å²) in [4.78, 5) is 0. The van der Waals surface area contributed by atoms with Crippen molar-refractivity contribution in [3.05, 3.63) is 194 Å². The lowest BCUT2D eigenvalue weighted by Gasteiger charge is -2.17. The van der Waals surface area contributed by atoms with Gasteiger partial charge in [-0.05, 0) is 89.8 Å². The van der Waals surface area contributed by atoms with Gasteiger partial charge < -0.3 is 4.42 Å². The van der Waals surface area contributed by atoms with Gasteiger partial charge >= 0.3 is 0 Å². The third-order valence-electron chi connectivity index (χ3n) is 10.3. The largest absolute Gasteiger partial charge is 0.455 e. The molecule has 0 spiro atoms. The highest BCUT2D eigenvalue weighted by atomic mass is 16.3. The molecule has 0 saturated heterocycles. The van der Waals surface area contributed by atoms with E-state index in [0.29, 0.717) is 0 Å². The molecule has 0 fully saturated rings. The number of hydrogen-bond donors (Lipinski definition) is 0. The van der Waals surface area contributed by atoms with E-state index in [0.717, 1.165) is 44.2 Å². The second kappa shape index (κ2) is 12.0. The molecule has 1 heterocycles. The summed E-state index contributed by atoms with van der Waals surface area (Å²) in [5.74, 6) is 0. The van der Waals surface area contributed by atoms with Crippen LogP contribution in [-0.4, -0.2) is 0 Å². The molecule has 0 bridgehead atoms. The average molecular weight is 649 g/mol. The van der Waals surface area contributed by atoms with Gasteiger partial charge in [-0.25, -0.2) is 0 Å². The predicted molar refractivity (Wildman–Crippen MR) is 216 cm³/mol. The molecule has 10 rings (SSSR count). The minimum Gasteiger partial charge on any atom is -0.455 e. The van der Waals surface area contributed by atoms with Crippen molar-refractivity contribution in [3.8, 4) is 55.6 Å². The van der Waals surface area contributed by atoms with Crippen molar-refractivity contribution in [2.45, 2.75) is 0 Å². The minimum absolute atomic E-state index is 0.886. The lowest BCUT2D eigenvalue weighted by molar-refractivity contribution is 0.670. The Bertz CT molecular complexity index is 2810. The van der Waals surface area contributed by atoms with Gasteiger partial charge in [0, 0.05) is 16.3 Å². The number of furan rings is 1. The predicted octanol–water partition coefficient (Wildman–Crippen LogP) is 14.2. The average Bonchev–Trinajstić information content (AvgIpc) is 3.58.